The molecule has 4 rings (SSSR count). The minimum absolute atomic E-state index is 0.0683. The third-order valence-electron chi connectivity index (χ3n) is 3.64. The summed E-state index contributed by atoms with van der Waals surface area (Å²) in [5, 5.41) is 2.49. The zero-order valence-corrected chi connectivity index (χ0v) is 22.4. The van der Waals surface area contributed by atoms with Crippen LogP contribution in [0.3, 0.4) is 0 Å². The molecule has 0 amide bonds. The van der Waals surface area contributed by atoms with E-state index < -0.39 is 3.25 Å². The molecule has 1 radical (unpaired) electrons. The van der Waals surface area contributed by atoms with Gasteiger partial charge in [0.05, 0.1) is 0 Å². The van der Waals surface area contributed by atoms with E-state index in [4.69, 9.17) is 46.4 Å². The van der Waals surface area contributed by atoms with Crippen LogP contribution in [-0.2, 0) is 5.33 Å². The van der Waals surface area contributed by atoms with Crippen LogP contribution >= 0.6 is 75.1 Å². The van der Waals surface area contributed by atoms with E-state index in [2.05, 4.69) is 60.6 Å². The third-order valence-corrected chi connectivity index (χ3v) is 4.24. The van der Waals surface area contributed by atoms with Gasteiger partial charge in [0.15, 0.2) is 0 Å². The van der Waals surface area contributed by atoms with E-state index in [1.807, 2.05) is 36.4 Å². The van der Waals surface area contributed by atoms with Crippen LogP contribution in [0.5, 0.6) is 0 Å². The standard InChI is InChI=1S/C9H7BrN2O.C9H8N2O.CCl4.BHNS/c10-5-7-4-6-2-1-3-11-8(6)12-9(7)13;1-6-5-7-3-2-4-10-8(7)11-9(6)12;2-1(3,4)5;1-2-3/h1-4H,5H2,(H,11,12,13);2-5H,1H3,(H,10,11,12);;3H. The second-order valence-corrected chi connectivity index (χ2v) is 10.2. The van der Waals surface area contributed by atoms with Gasteiger partial charge in [-0.2, -0.15) is 0 Å². The van der Waals surface area contributed by atoms with E-state index in [9.17, 15) is 9.59 Å². The molecule has 33 heavy (non-hydrogen) atoms. The fraction of sp³-hybridized carbons (Fsp3) is 0.158. The number of alkyl halides is 5. The van der Waals surface area contributed by atoms with Crippen LogP contribution in [0.25, 0.3) is 22.1 Å². The SMILES string of the molecule is Cc1cc2cccnc2[nH]c1=O.ClC(Cl)(Cl)Cl.O=c1[nH]c2ncccc2cc1CBr.[B]=NS. The van der Waals surface area contributed by atoms with Gasteiger partial charge in [0.25, 0.3) is 14.4 Å². The fourth-order valence-electron chi connectivity index (χ4n) is 2.32. The summed E-state index contributed by atoms with van der Waals surface area (Å²) in [6, 6.07) is 11.2. The number of thiol groups is 1. The quantitative estimate of drug-likeness (QED) is 0.144. The summed E-state index contributed by atoms with van der Waals surface area (Å²) in [6.45, 7) is 1.78. The summed E-state index contributed by atoms with van der Waals surface area (Å²) < 4.78 is 1.08. The second kappa shape index (κ2) is 14.8. The number of aryl methyl sites for hydroxylation is 1. The van der Waals surface area contributed by atoms with Crippen molar-refractivity contribution in [3.8, 4) is 0 Å². The van der Waals surface area contributed by atoms with Gasteiger partial charge in [0.2, 0.25) is 0 Å². The van der Waals surface area contributed by atoms with Crippen molar-refractivity contribution in [2.24, 2.45) is 4.30 Å². The Hall–Kier alpha value is -1.43. The molecule has 0 spiro atoms. The summed E-state index contributed by atoms with van der Waals surface area (Å²) in [5.74, 6) is 0. The first kappa shape index (κ1) is 29.6. The number of nitrogens with one attached hydrogen (secondary N) is 2. The van der Waals surface area contributed by atoms with Crippen LogP contribution in [0.1, 0.15) is 11.1 Å². The molecular formula is C19H16BBrCl4N5O2S. The number of aromatic amines is 2. The molecular weight excluding hydrogens is 595 g/mol. The molecule has 4 heterocycles. The van der Waals surface area contributed by atoms with Crippen LogP contribution < -0.4 is 11.1 Å². The topological polar surface area (TPSA) is 104 Å². The number of pyridine rings is 4. The summed E-state index contributed by atoms with van der Waals surface area (Å²) >= 11 is 25.8. The van der Waals surface area contributed by atoms with E-state index in [1.54, 1.807) is 19.3 Å². The molecule has 0 unspecified atom stereocenters. The van der Waals surface area contributed by atoms with Gasteiger partial charge in [-0.25, -0.2) is 9.97 Å². The molecule has 2 N–H and O–H groups in total. The molecule has 14 heteroatoms. The first-order valence-corrected chi connectivity index (χ1v) is 11.8. The van der Waals surface area contributed by atoms with Gasteiger partial charge >= 0.3 is 24.8 Å². The van der Waals surface area contributed by atoms with Crippen molar-refractivity contribution in [1.29, 1.82) is 0 Å². The Morgan fingerprint density at radius 2 is 1.42 bits per heavy atom. The van der Waals surface area contributed by atoms with Gasteiger partial charge in [-0.1, -0.05) is 62.3 Å². The summed E-state index contributed by atoms with van der Waals surface area (Å²) in [4.78, 5) is 36.0. The molecule has 0 aliphatic rings. The first-order valence-electron chi connectivity index (χ1n) is 8.77. The summed E-state index contributed by atoms with van der Waals surface area (Å²) in [6.07, 6.45) is 3.32. The van der Waals surface area contributed by atoms with Gasteiger partial charge in [-0.15, -0.1) is 0 Å². The number of hydrogen-bond donors (Lipinski definition) is 3. The minimum atomic E-state index is -1.61. The molecule has 0 atom stereocenters. The summed E-state index contributed by atoms with van der Waals surface area (Å²) in [7, 11) is 4.34. The van der Waals surface area contributed by atoms with Crippen molar-refractivity contribution in [3.05, 3.63) is 80.6 Å². The van der Waals surface area contributed by atoms with Crippen LogP contribution in [0, 0.1) is 6.92 Å². The average Bonchev–Trinajstić information content (AvgIpc) is 2.74. The van der Waals surface area contributed by atoms with Crippen LogP contribution in [0.15, 0.2) is 62.7 Å². The molecule has 4 aromatic rings. The number of fused-ring (bicyclic) bond motifs is 2. The molecule has 0 aromatic carbocycles. The number of nitrogens with zero attached hydrogens (tertiary/aromatic N) is 3. The van der Waals surface area contributed by atoms with Gasteiger partial charge in [-0.05, 0) is 43.3 Å². The number of H-pyrrole nitrogens is 2. The fourth-order valence-corrected chi connectivity index (χ4v) is 2.74. The van der Waals surface area contributed by atoms with Gasteiger partial charge in [-0.3, -0.25) is 9.59 Å². The molecule has 4 aromatic heterocycles. The van der Waals surface area contributed by atoms with E-state index in [-0.39, 0.29) is 11.1 Å². The number of aromatic nitrogens is 4. The molecule has 0 aliphatic carbocycles. The van der Waals surface area contributed by atoms with Crippen LogP contribution in [0.2, 0.25) is 0 Å². The normalized spacial score (nSPS) is 10.1. The zero-order chi connectivity index (χ0) is 25.0. The predicted octanol–water partition coefficient (Wildman–Crippen LogP) is 5.79. The summed E-state index contributed by atoms with van der Waals surface area (Å²) in [5.41, 5.74) is 2.57. The molecule has 0 aliphatic heterocycles. The van der Waals surface area contributed by atoms with Crippen molar-refractivity contribution in [2.45, 2.75) is 15.5 Å². The maximum atomic E-state index is 11.3. The Morgan fingerprint density at radius 1 is 1.00 bits per heavy atom. The predicted molar refractivity (Wildman–Crippen MR) is 145 cm³/mol. The Bertz CT molecular complexity index is 1310. The van der Waals surface area contributed by atoms with Crippen molar-refractivity contribution in [3.63, 3.8) is 0 Å². The second-order valence-electron chi connectivity index (χ2n) is 5.97. The van der Waals surface area contributed by atoms with Crippen molar-refractivity contribution in [2.75, 3.05) is 0 Å². The maximum absolute atomic E-state index is 11.3. The van der Waals surface area contributed by atoms with E-state index in [0.29, 0.717) is 16.6 Å². The monoisotopic (exact) mass is 608 g/mol. The molecule has 0 saturated heterocycles. The van der Waals surface area contributed by atoms with Crippen molar-refractivity contribution in [1.82, 2.24) is 19.9 Å². The molecule has 0 saturated carbocycles. The Labute approximate surface area is 224 Å². The number of hydrogen-bond acceptors (Lipinski definition) is 6. The molecule has 0 fully saturated rings. The van der Waals surface area contributed by atoms with Gasteiger partial charge in [0.1, 0.15) is 11.3 Å². The molecule has 0 bridgehead atoms. The van der Waals surface area contributed by atoms with E-state index in [1.165, 1.54) is 0 Å². The number of rotatable bonds is 1. The van der Waals surface area contributed by atoms with Gasteiger partial charge < -0.3 is 9.97 Å². The average molecular weight is 611 g/mol. The zero-order valence-electron chi connectivity index (χ0n) is 16.9. The Kier molecular flexibility index (Phi) is 13.2. The third kappa shape index (κ3) is 11.5. The Morgan fingerprint density at radius 3 is 1.88 bits per heavy atom. The molecule has 7 nitrogen and oxygen atoms in total. The van der Waals surface area contributed by atoms with Crippen LogP contribution in [-0.4, -0.2) is 30.8 Å². The van der Waals surface area contributed by atoms with Crippen molar-refractivity contribution >= 4 is 105 Å². The van der Waals surface area contributed by atoms with E-state index in [0.717, 1.165) is 21.9 Å². The number of halogens is 5. The Balaban J connectivity index is 0.000000252. The van der Waals surface area contributed by atoms with Crippen molar-refractivity contribution < 1.29 is 0 Å². The van der Waals surface area contributed by atoms with E-state index >= 15 is 0 Å². The van der Waals surface area contributed by atoms with Crippen LogP contribution in [0.4, 0.5) is 0 Å². The molecule has 173 valence electrons. The van der Waals surface area contributed by atoms with Gasteiger partial charge in [0, 0.05) is 39.6 Å². The first-order chi connectivity index (χ1) is 15.5.